The van der Waals surface area contributed by atoms with E-state index in [4.69, 9.17) is 0 Å². The Hall–Kier alpha value is -1.72. The van der Waals surface area contributed by atoms with Gasteiger partial charge in [-0.2, -0.15) is 0 Å². The molecule has 2 N–H and O–H groups in total. The molecule has 1 amide bonds. The van der Waals surface area contributed by atoms with Crippen molar-refractivity contribution in [2.24, 2.45) is 0 Å². The molecule has 1 unspecified atom stereocenters. The van der Waals surface area contributed by atoms with Crippen molar-refractivity contribution < 1.29 is 14.1 Å². The monoisotopic (exact) mass is 319 g/mol. The average molecular weight is 319 g/mol. The Kier molecular flexibility index (Phi) is 4.85. The number of nitrogens with one attached hydrogen (secondary N) is 2. The number of carbonyl (C=O) groups excluding carboxylic acids is 1. The third-order valence-corrected chi connectivity index (χ3v) is 5.18. The molecule has 116 valence electrons. The molecular weight excluding hydrogens is 299 g/mol. The lowest BCUT2D eigenvalue weighted by Crippen LogP contribution is -3.11. The number of halogens is 1. The van der Waals surface area contributed by atoms with E-state index in [0.29, 0.717) is 18.2 Å². The van der Waals surface area contributed by atoms with Crippen molar-refractivity contribution >= 4 is 17.2 Å². The second kappa shape index (κ2) is 7.03. The molecule has 1 aliphatic rings. The van der Waals surface area contributed by atoms with Crippen molar-refractivity contribution in [3.05, 3.63) is 58.0 Å². The van der Waals surface area contributed by atoms with Crippen LogP contribution in [0.4, 0.5) is 4.39 Å². The molecule has 3 rings (SSSR count). The van der Waals surface area contributed by atoms with Crippen LogP contribution >= 0.6 is 11.3 Å². The van der Waals surface area contributed by atoms with E-state index < -0.39 is 0 Å². The van der Waals surface area contributed by atoms with Gasteiger partial charge in [-0.15, -0.1) is 11.3 Å². The number of hydrogen-bond acceptors (Lipinski definition) is 2. The van der Waals surface area contributed by atoms with E-state index >= 15 is 0 Å². The highest BCUT2D eigenvalue weighted by molar-refractivity contribution is 7.10. The SMILES string of the molecule is O=C(C[NH+]1CCC[C@@H]1c1cccs1)NCc1ccccc1F. The standard InChI is InChI=1S/C17H19FN2OS/c18-14-6-2-1-5-13(14)11-19-17(21)12-20-9-3-7-15(20)16-8-4-10-22-16/h1-2,4-6,8,10,15H,3,7,9,11-12H2,(H,19,21)/p+1/t15-/m1/s1. The summed E-state index contributed by atoms with van der Waals surface area (Å²) in [4.78, 5) is 14.8. The summed E-state index contributed by atoms with van der Waals surface area (Å²) in [7, 11) is 0. The van der Waals surface area contributed by atoms with Crippen molar-refractivity contribution in [2.75, 3.05) is 13.1 Å². The van der Waals surface area contributed by atoms with Crippen LogP contribution in [0.15, 0.2) is 41.8 Å². The summed E-state index contributed by atoms with van der Waals surface area (Å²) < 4.78 is 13.5. The van der Waals surface area contributed by atoms with Gasteiger partial charge in [0.05, 0.1) is 11.4 Å². The van der Waals surface area contributed by atoms with Gasteiger partial charge < -0.3 is 10.2 Å². The number of amides is 1. The molecule has 0 spiro atoms. The summed E-state index contributed by atoms with van der Waals surface area (Å²) in [6.07, 6.45) is 2.29. The minimum absolute atomic E-state index is 0.0123. The molecule has 1 aromatic carbocycles. The Labute approximate surface area is 133 Å². The van der Waals surface area contributed by atoms with Crippen molar-refractivity contribution in [2.45, 2.75) is 25.4 Å². The molecule has 1 aromatic heterocycles. The molecule has 0 bridgehead atoms. The Balaban J connectivity index is 1.54. The van der Waals surface area contributed by atoms with Gasteiger partial charge in [-0.1, -0.05) is 24.3 Å². The minimum atomic E-state index is -0.271. The number of quaternary nitrogens is 1. The van der Waals surface area contributed by atoms with E-state index in [2.05, 4.69) is 22.8 Å². The maximum Gasteiger partial charge on any atom is 0.275 e. The van der Waals surface area contributed by atoms with E-state index in [1.54, 1.807) is 29.5 Å². The Morgan fingerprint density at radius 1 is 1.32 bits per heavy atom. The first-order valence-electron chi connectivity index (χ1n) is 7.62. The smallest absolute Gasteiger partial charge is 0.275 e. The van der Waals surface area contributed by atoms with Gasteiger partial charge in [0.15, 0.2) is 6.54 Å². The van der Waals surface area contributed by atoms with Gasteiger partial charge in [0.1, 0.15) is 11.9 Å². The molecule has 1 saturated heterocycles. The fraction of sp³-hybridized carbons (Fsp3) is 0.353. The molecule has 22 heavy (non-hydrogen) atoms. The molecular formula is C17H20FN2OS+. The number of rotatable bonds is 5. The summed E-state index contributed by atoms with van der Waals surface area (Å²) in [5.41, 5.74) is 0.530. The largest absolute Gasteiger partial charge is 0.347 e. The van der Waals surface area contributed by atoms with Gasteiger partial charge in [-0.05, 0) is 17.5 Å². The average Bonchev–Trinajstić information content (AvgIpc) is 3.17. The van der Waals surface area contributed by atoms with Crippen molar-refractivity contribution in [3.63, 3.8) is 0 Å². The zero-order chi connectivity index (χ0) is 15.4. The first-order valence-corrected chi connectivity index (χ1v) is 8.50. The number of benzene rings is 1. The highest BCUT2D eigenvalue weighted by Gasteiger charge is 2.32. The van der Waals surface area contributed by atoms with Crippen LogP contribution in [0.2, 0.25) is 0 Å². The van der Waals surface area contributed by atoms with Crippen LogP contribution in [0, 0.1) is 5.82 Å². The third-order valence-electron chi connectivity index (χ3n) is 4.19. The lowest BCUT2D eigenvalue weighted by atomic mass is 10.2. The topological polar surface area (TPSA) is 33.5 Å². The predicted molar refractivity (Wildman–Crippen MR) is 85.2 cm³/mol. The maximum absolute atomic E-state index is 13.5. The van der Waals surface area contributed by atoms with Crippen LogP contribution in [0.25, 0.3) is 0 Å². The molecule has 1 fully saturated rings. The molecule has 3 nitrogen and oxygen atoms in total. The van der Waals surface area contributed by atoms with Gasteiger partial charge in [-0.3, -0.25) is 4.79 Å². The van der Waals surface area contributed by atoms with E-state index in [9.17, 15) is 9.18 Å². The summed E-state index contributed by atoms with van der Waals surface area (Å²) in [6, 6.07) is 11.2. The van der Waals surface area contributed by atoms with Crippen LogP contribution in [-0.2, 0) is 11.3 Å². The fourth-order valence-corrected chi connectivity index (χ4v) is 3.98. The van der Waals surface area contributed by atoms with Crippen molar-refractivity contribution in [1.82, 2.24) is 5.32 Å². The van der Waals surface area contributed by atoms with Gasteiger partial charge in [0.2, 0.25) is 0 Å². The summed E-state index contributed by atoms with van der Waals surface area (Å²) in [5.74, 6) is -0.283. The van der Waals surface area contributed by atoms with E-state index in [0.717, 1.165) is 19.4 Å². The first kappa shape index (κ1) is 15.2. The highest BCUT2D eigenvalue weighted by Crippen LogP contribution is 2.23. The van der Waals surface area contributed by atoms with Gasteiger partial charge in [0, 0.05) is 24.9 Å². The maximum atomic E-state index is 13.5. The van der Waals surface area contributed by atoms with Crippen LogP contribution in [0.5, 0.6) is 0 Å². The molecule has 0 radical (unpaired) electrons. The summed E-state index contributed by atoms with van der Waals surface area (Å²) in [5, 5.41) is 4.92. The summed E-state index contributed by atoms with van der Waals surface area (Å²) >= 11 is 1.76. The van der Waals surface area contributed by atoms with Crippen LogP contribution in [0.3, 0.4) is 0 Å². The Bertz CT molecular complexity index is 629. The Morgan fingerprint density at radius 3 is 2.95 bits per heavy atom. The number of carbonyl (C=O) groups is 1. The quantitative estimate of drug-likeness (QED) is 0.867. The predicted octanol–water partition coefficient (Wildman–Crippen LogP) is 1.92. The van der Waals surface area contributed by atoms with Crippen LogP contribution in [0.1, 0.15) is 29.3 Å². The third kappa shape index (κ3) is 3.54. The molecule has 0 saturated carbocycles. The van der Waals surface area contributed by atoms with Crippen LogP contribution < -0.4 is 10.2 Å². The van der Waals surface area contributed by atoms with Gasteiger partial charge in [-0.25, -0.2) is 4.39 Å². The van der Waals surface area contributed by atoms with E-state index in [1.165, 1.54) is 15.8 Å². The molecule has 2 heterocycles. The lowest BCUT2D eigenvalue weighted by Gasteiger charge is -2.20. The van der Waals surface area contributed by atoms with Gasteiger partial charge in [0.25, 0.3) is 5.91 Å². The fourth-order valence-electron chi connectivity index (χ4n) is 3.06. The molecule has 2 aromatic rings. The molecule has 1 aliphatic heterocycles. The minimum Gasteiger partial charge on any atom is -0.347 e. The summed E-state index contributed by atoms with van der Waals surface area (Å²) in [6.45, 7) is 1.73. The molecule has 5 heteroatoms. The lowest BCUT2D eigenvalue weighted by molar-refractivity contribution is -0.910. The number of thiophene rings is 1. The second-order valence-electron chi connectivity index (χ2n) is 5.66. The van der Waals surface area contributed by atoms with Crippen molar-refractivity contribution in [1.29, 1.82) is 0 Å². The zero-order valence-corrected chi connectivity index (χ0v) is 13.2. The highest BCUT2D eigenvalue weighted by atomic mass is 32.1. The van der Waals surface area contributed by atoms with E-state index in [1.807, 2.05) is 0 Å². The first-order chi connectivity index (χ1) is 10.7. The molecule has 2 atom stereocenters. The van der Waals surface area contributed by atoms with Crippen LogP contribution in [-0.4, -0.2) is 19.0 Å². The number of hydrogen-bond donors (Lipinski definition) is 2. The second-order valence-corrected chi connectivity index (χ2v) is 6.64. The normalized spacial score (nSPS) is 21.0. The van der Waals surface area contributed by atoms with Gasteiger partial charge >= 0.3 is 0 Å². The van der Waals surface area contributed by atoms with Crippen molar-refractivity contribution in [3.8, 4) is 0 Å². The molecule has 0 aliphatic carbocycles. The van der Waals surface area contributed by atoms with E-state index in [-0.39, 0.29) is 18.3 Å². The zero-order valence-electron chi connectivity index (χ0n) is 12.3. The number of likely N-dealkylation sites (tertiary alicyclic amines) is 1. The Morgan fingerprint density at radius 2 is 2.18 bits per heavy atom.